The van der Waals surface area contributed by atoms with Crippen LogP contribution in [0, 0.1) is 0 Å². The first-order valence-electron chi connectivity index (χ1n) is 3.87. The molecule has 0 radical (unpaired) electrons. The quantitative estimate of drug-likeness (QED) is 0.565. The van der Waals surface area contributed by atoms with Gasteiger partial charge < -0.3 is 9.90 Å². The van der Waals surface area contributed by atoms with Gasteiger partial charge in [0.15, 0.2) is 0 Å². The molecule has 0 aliphatic rings. The predicted octanol–water partition coefficient (Wildman–Crippen LogP) is 0.579. The van der Waals surface area contributed by atoms with Crippen LogP contribution in [0.15, 0.2) is 11.8 Å². The maximum absolute atomic E-state index is 10.9. The highest BCUT2D eigenvalue weighted by Crippen LogP contribution is 1.99. The zero-order valence-corrected chi connectivity index (χ0v) is 7.42. The third-order valence-electron chi connectivity index (χ3n) is 1.34. The lowest BCUT2D eigenvalue weighted by Gasteiger charge is -2.09. The van der Waals surface area contributed by atoms with Crippen molar-refractivity contribution in [2.75, 3.05) is 0 Å². The highest BCUT2D eigenvalue weighted by atomic mass is 16.3. The molecule has 0 spiro atoms. The molecule has 0 saturated heterocycles. The van der Waals surface area contributed by atoms with Crippen LogP contribution < -0.4 is 5.11 Å². The minimum atomic E-state index is -0.125. The fourth-order valence-electron chi connectivity index (χ4n) is 0.659. The van der Waals surface area contributed by atoms with Crippen molar-refractivity contribution in [2.24, 2.45) is 0 Å². The van der Waals surface area contributed by atoms with E-state index >= 15 is 0 Å². The van der Waals surface area contributed by atoms with Crippen molar-refractivity contribution in [1.29, 1.82) is 0 Å². The standard InChI is InChI=1S/C9H14O3/c1-7(10)3-5-9(12)6-4-8(2)11/h5,12H,3-4,6H2,1-2H3/p-1/b9-5-. The van der Waals surface area contributed by atoms with Gasteiger partial charge in [0.2, 0.25) is 0 Å². The highest BCUT2D eigenvalue weighted by molar-refractivity contribution is 5.77. The lowest BCUT2D eigenvalue weighted by atomic mass is 10.2. The van der Waals surface area contributed by atoms with E-state index in [1.54, 1.807) is 0 Å². The van der Waals surface area contributed by atoms with Crippen LogP contribution in [0.25, 0.3) is 0 Å². The molecule has 0 heterocycles. The summed E-state index contributed by atoms with van der Waals surface area (Å²) in [5.41, 5.74) is 0. The van der Waals surface area contributed by atoms with Crippen molar-refractivity contribution in [3.63, 3.8) is 0 Å². The summed E-state index contributed by atoms with van der Waals surface area (Å²) >= 11 is 0. The largest absolute Gasteiger partial charge is 0.876 e. The van der Waals surface area contributed by atoms with Crippen LogP contribution in [-0.4, -0.2) is 11.6 Å². The van der Waals surface area contributed by atoms with Gasteiger partial charge in [-0.15, -0.1) is 5.76 Å². The van der Waals surface area contributed by atoms with Crippen molar-refractivity contribution in [3.05, 3.63) is 11.8 Å². The molecule has 3 heteroatoms. The molecule has 0 aromatic carbocycles. The predicted molar refractivity (Wildman–Crippen MR) is 43.3 cm³/mol. The Kier molecular flexibility index (Phi) is 5.00. The molecule has 3 nitrogen and oxygen atoms in total. The summed E-state index contributed by atoms with van der Waals surface area (Å²) in [5.74, 6) is -0.161. The van der Waals surface area contributed by atoms with Crippen molar-refractivity contribution >= 4 is 11.6 Å². The van der Waals surface area contributed by atoms with Crippen LogP contribution in [0.2, 0.25) is 0 Å². The van der Waals surface area contributed by atoms with Crippen LogP contribution in [0.5, 0.6) is 0 Å². The molecule has 0 saturated carbocycles. The molecule has 0 aromatic rings. The Hall–Kier alpha value is -1.12. The molecule has 0 bridgehead atoms. The summed E-state index contributed by atoms with van der Waals surface area (Å²) < 4.78 is 0. The van der Waals surface area contributed by atoms with E-state index in [0.717, 1.165) is 0 Å². The van der Waals surface area contributed by atoms with Crippen LogP contribution in [0.1, 0.15) is 33.1 Å². The van der Waals surface area contributed by atoms with E-state index < -0.39 is 0 Å². The fraction of sp³-hybridized carbons (Fsp3) is 0.556. The van der Waals surface area contributed by atoms with Gasteiger partial charge in [0.1, 0.15) is 11.6 Å². The Balaban J connectivity index is 3.70. The van der Waals surface area contributed by atoms with Crippen LogP contribution in [0.4, 0.5) is 0 Å². The Bertz CT molecular complexity index is 204. The number of Topliss-reactive ketones (excluding diaryl/α,β-unsaturated/α-hetero) is 2. The summed E-state index contributed by atoms with van der Waals surface area (Å²) in [4.78, 5) is 20.9. The fourth-order valence-corrected chi connectivity index (χ4v) is 0.659. The van der Waals surface area contributed by atoms with E-state index in [4.69, 9.17) is 0 Å². The van der Waals surface area contributed by atoms with Gasteiger partial charge in [0.05, 0.1) is 0 Å². The number of carbonyl (C=O) groups is 2. The molecule has 0 aromatic heterocycles. The van der Waals surface area contributed by atoms with E-state index in [9.17, 15) is 14.7 Å². The number of hydrogen-bond donors (Lipinski definition) is 0. The zero-order valence-electron chi connectivity index (χ0n) is 7.42. The Labute approximate surface area is 72.1 Å². The van der Waals surface area contributed by atoms with Crippen LogP contribution >= 0.6 is 0 Å². The molecule has 0 N–H and O–H groups in total. The number of allylic oxidation sites excluding steroid dienone is 2. The highest BCUT2D eigenvalue weighted by Gasteiger charge is 1.92. The van der Waals surface area contributed by atoms with Gasteiger partial charge >= 0.3 is 0 Å². The first-order chi connectivity index (χ1) is 5.52. The van der Waals surface area contributed by atoms with Gasteiger partial charge in [-0.3, -0.25) is 4.79 Å². The van der Waals surface area contributed by atoms with Crippen molar-refractivity contribution < 1.29 is 14.7 Å². The molecule has 0 rings (SSSR count). The summed E-state index contributed by atoms with van der Waals surface area (Å²) in [7, 11) is 0. The topological polar surface area (TPSA) is 57.2 Å². The molecule has 0 atom stereocenters. The van der Waals surface area contributed by atoms with Gasteiger partial charge in [-0.05, 0) is 20.3 Å². The van der Waals surface area contributed by atoms with Gasteiger partial charge in [-0.2, -0.15) is 0 Å². The third-order valence-corrected chi connectivity index (χ3v) is 1.34. The van der Waals surface area contributed by atoms with E-state index in [2.05, 4.69) is 0 Å². The number of ketones is 2. The van der Waals surface area contributed by atoms with Crippen LogP contribution in [-0.2, 0) is 9.59 Å². The maximum atomic E-state index is 10.9. The number of rotatable bonds is 5. The minimum Gasteiger partial charge on any atom is -0.876 e. The lowest BCUT2D eigenvalue weighted by molar-refractivity contribution is -0.307. The van der Waals surface area contributed by atoms with Gasteiger partial charge in [0, 0.05) is 12.8 Å². The Morgan fingerprint density at radius 1 is 1.17 bits per heavy atom. The van der Waals surface area contributed by atoms with Crippen molar-refractivity contribution in [1.82, 2.24) is 0 Å². The summed E-state index contributed by atoms with van der Waals surface area (Å²) in [6.45, 7) is 2.87. The van der Waals surface area contributed by atoms with Gasteiger partial charge in [0.25, 0.3) is 0 Å². The average Bonchev–Trinajstić information content (AvgIpc) is 1.96. The molecule has 0 unspecified atom stereocenters. The zero-order chi connectivity index (χ0) is 9.56. The van der Waals surface area contributed by atoms with Gasteiger partial charge in [-0.25, -0.2) is 0 Å². The van der Waals surface area contributed by atoms with E-state index in [0.29, 0.717) is 0 Å². The maximum Gasteiger partial charge on any atom is 0.133 e. The van der Waals surface area contributed by atoms with E-state index in [-0.39, 0.29) is 36.6 Å². The summed E-state index contributed by atoms with van der Waals surface area (Å²) in [6.07, 6.45) is 2.01. The molecule has 0 aliphatic carbocycles. The Morgan fingerprint density at radius 3 is 2.17 bits per heavy atom. The van der Waals surface area contributed by atoms with E-state index in [1.807, 2.05) is 0 Å². The molecule has 68 valence electrons. The third kappa shape index (κ3) is 6.99. The SMILES string of the molecule is CC(=O)C/C=C(\[O-])CCC(C)=O. The van der Waals surface area contributed by atoms with E-state index in [1.165, 1.54) is 19.9 Å². The average molecular weight is 169 g/mol. The van der Waals surface area contributed by atoms with Crippen molar-refractivity contribution in [2.45, 2.75) is 33.1 Å². The first-order valence-corrected chi connectivity index (χ1v) is 3.87. The van der Waals surface area contributed by atoms with Gasteiger partial charge in [-0.1, -0.05) is 6.08 Å². The number of hydrogen-bond acceptors (Lipinski definition) is 3. The summed E-state index contributed by atoms with van der Waals surface area (Å²) in [5, 5.41) is 10.9. The van der Waals surface area contributed by atoms with Crippen LogP contribution in [0.3, 0.4) is 0 Å². The molecular weight excluding hydrogens is 156 g/mol. The minimum absolute atomic E-state index is 0.000394. The second-order valence-electron chi connectivity index (χ2n) is 2.78. The molecule has 12 heavy (non-hydrogen) atoms. The molecule has 0 fully saturated rings. The van der Waals surface area contributed by atoms with Crippen molar-refractivity contribution in [3.8, 4) is 0 Å². The molecule has 0 amide bonds. The smallest absolute Gasteiger partial charge is 0.133 e. The molecule has 0 aliphatic heterocycles. The first kappa shape index (κ1) is 10.9. The Morgan fingerprint density at radius 2 is 1.75 bits per heavy atom. The second kappa shape index (κ2) is 5.52. The second-order valence-corrected chi connectivity index (χ2v) is 2.78. The normalized spacial score (nSPS) is 11.3. The lowest BCUT2D eigenvalue weighted by Crippen LogP contribution is -2.06. The number of carbonyl (C=O) groups excluding carboxylic acids is 2. The summed E-state index contributed by atoms with van der Waals surface area (Å²) in [6, 6.07) is 0. The molecular formula is C9H13O3-. The monoisotopic (exact) mass is 169 g/mol.